The Morgan fingerprint density at radius 1 is 1.27 bits per heavy atom. The van der Waals surface area contributed by atoms with Gasteiger partial charge in [-0.15, -0.1) is 11.3 Å². The first-order chi connectivity index (χ1) is 10.7. The Labute approximate surface area is 132 Å². The van der Waals surface area contributed by atoms with E-state index in [1.165, 1.54) is 0 Å². The van der Waals surface area contributed by atoms with Gasteiger partial charge in [-0.05, 0) is 25.1 Å². The quantitative estimate of drug-likeness (QED) is 0.740. The number of rotatable bonds is 4. The van der Waals surface area contributed by atoms with E-state index in [4.69, 9.17) is 14.7 Å². The zero-order chi connectivity index (χ0) is 15.7. The van der Waals surface area contributed by atoms with Crippen molar-refractivity contribution < 1.29 is 9.47 Å². The summed E-state index contributed by atoms with van der Waals surface area (Å²) in [7, 11) is 3.21. The maximum absolute atomic E-state index is 9.15. The lowest BCUT2D eigenvalue weighted by Crippen LogP contribution is -1.95. The Bertz CT molecular complexity index is 874. The van der Waals surface area contributed by atoms with E-state index < -0.39 is 0 Å². The number of ether oxygens (including phenoxy) is 2. The Kier molecular flexibility index (Phi) is 3.73. The van der Waals surface area contributed by atoms with Crippen LogP contribution in [0.2, 0.25) is 0 Å². The molecule has 3 rings (SSSR count). The fraction of sp³-hybridized carbons (Fsp3) is 0.250. The van der Waals surface area contributed by atoms with Gasteiger partial charge in [-0.1, -0.05) is 0 Å². The smallest absolute Gasteiger partial charge is 0.194 e. The van der Waals surface area contributed by atoms with E-state index in [0.29, 0.717) is 17.9 Å². The molecule has 0 amide bonds. The number of thiazole rings is 1. The van der Waals surface area contributed by atoms with Crippen LogP contribution in [0.5, 0.6) is 11.5 Å². The highest BCUT2D eigenvalue weighted by Crippen LogP contribution is 2.34. The molecule has 22 heavy (non-hydrogen) atoms. The largest absolute Gasteiger partial charge is 0.493 e. The van der Waals surface area contributed by atoms with Crippen molar-refractivity contribution in [1.29, 1.82) is 5.26 Å². The molecule has 1 aromatic carbocycles. The monoisotopic (exact) mass is 313 g/mol. The van der Waals surface area contributed by atoms with Crippen LogP contribution in [0.1, 0.15) is 11.4 Å². The second kappa shape index (κ2) is 5.70. The first kappa shape index (κ1) is 14.4. The van der Waals surface area contributed by atoms with Gasteiger partial charge >= 0.3 is 0 Å². The molecule has 0 unspecified atom stereocenters. The summed E-state index contributed by atoms with van der Waals surface area (Å²) < 4.78 is 12.7. The Balaban J connectivity index is 2.21. The second-order valence-corrected chi connectivity index (χ2v) is 5.64. The number of benzene rings is 1. The predicted molar refractivity (Wildman–Crippen MR) is 85.7 cm³/mol. The van der Waals surface area contributed by atoms with Crippen molar-refractivity contribution in [2.24, 2.45) is 0 Å². The molecule has 0 saturated carbocycles. The second-order valence-electron chi connectivity index (χ2n) is 4.81. The van der Waals surface area contributed by atoms with Gasteiger partial charge in [-0.25, -0.2) is 4.98 Å². The molecule has 0 aliphatic heterocycles. The van der Waals surface area contributed by atoms with Crippen LogP contribution >= 0.6 is 11.3 Å². The van der Waals surface area contributed by atoms with Crippen LogP contribution in [0.3, 0.4) is 0 Å². The fourth-order valence-electron chi connectivity index (χ4n) is 2.52. The summed E-state index contributed by atoms with van der Waals surface area (Å²) in [6, 6.07) is 7.91. The molecule has 0 N–H and O–H groups in total. The number of fused-ring (bicyclic) bond motifs is 1. The van der Waals surface area contributed by atoms with E-state index in [0.717, 1.165) is 27.6 Å². The van der Waals surface area contributed by atoms with Crippen molar-refractivity contribution in [3.05, 3.63) is 35.0 Å². The average Bonchev–Trinajstić information content (AvgIpc) is 3.08. The third-order valence-electron chi connectivity index (χ3n) is 3.53. The van der Waals surface area contributed by atoms with Crippen LogP contribution in [0, 0.1) is 18.3 Å². The van der Waals surface area contributed by atoms with E-state index in [-0.39, 0.29) is 0 Å². The summed E-state index contributed by atoms with van der Waals surface area (Å²) in [5.74, 6) is 1.32. The van der Waals surface area contributed by atoms with Gasteiger partial charge in [-0.2, -0.15) is 5.26 Å². The summed E-state index contributed by atoms with van der Waals surface area (Å²) in [4.78, 5) is 5.58. The summed E-state index contributed by atoms with van der Waals surface area (Å²) in [5, 5.41) is 11.2. The molecule has 2 heterocycles. The predicted octanol–water partition coefficient (Wildman–Crippen LogP) is 3.45. The highest BCUT2D eigenvalue weighted by atomic mass is 32.1. The molecule has 0 aliphatic rings. The number of methoxy groups -OCH3 is 2. The van der Waals surface area contributed by atoms with Crippen LogP contribution in [0.15, 0.2) is 23.6 Å². The van der Waals surface area contributed by atoms with Gasteiger partial charge in [-0.3, -0.25) is 4.40 Å². The van der Waals surface area contributed by atoms with Gasteiger partial charge in [0.25, 0.3) is 0 Å². The first-order valence-corrected chi connectivity index (χ1v) is 7.62. The third-order valence-corrected chi connectivity index (χ3v) is 4.48. The molecule has 112 valence electrons. The fourth-order valence-corrected chi connectivity index (χ4v) is 3.40. The molecule has 5 nitrogen and oxygen atoms in total. The van der Waals surface area contributed by atoms with Gasteiger partial charge in [0.2, 0.25) is 0 Å². The zero-order valence-corrected chi connectivity index (χ0v) is 13.4. The van der Waals surface area contributed by atoms with Crippen LogP contribution in [-0.4, -0.2) is 23.6 Å². The van der Waals surface area contributed by atoms with E-state index in [9.17, 15) is 0 Å². The van der Waals surface area contributed by atoms with Crippen LogP contribution in [-0.2, 0) is 6.42 Å². The lowest BCUT2D eigenvalue weighted by atomic mass is 10.1. The van der Waals surface area contributed by atoms with Crippen molar-refractivity contribution in [2.45, 2.75) is 13.3 Å². The normalized spacial score (nSPS) is 10.6. The number of aromatic nitrogens is 2. The average molecular weight is 313 g/mol. The number of nitrogens with zero attached hydrogens (tertiary/aromatic N) is 3. The number of imidazole rings is 1. The molecular weight excluding hydrogens is 298 g/mol. The SMILES string of the molecule is COc1ccc(-c2nc3scc(C)n3c2CC#N)cc1OC. The molecule has 0 spiro atoms. The number of hydrogen-bond donors (Lipinski definition) is 0. The van der Waals surface area contributed by atoms with Crippen molar-refractivity contribution >= 4 is 16.3 Å². The Morgan fingerprint density at radius 2 is 2.05 bits per heavy atom. The molecule has 0 aliphatic carbocycles. The van der Waals surface area contributed by atoms with Gasteiger partial charge in [0.1, 0.15) is 0 Å². The van der Waals surface area contributed by atoms with Crippen molar-refractivity contribution in [3.63, 3.8) is 0 Å². The van der Waals surface area contributed by atoms with Crippen LogP contribution in [0.4, 0.5) is 0 Å². The topological polar surface area (TPSA) is 59.5 Å². The van der Waals surface area contributed by atoms with E-state index in [2.05, 4.69) is 11.1 Å². The van der Waals surface area contributed by atoms with Gasteiger partial charge in [0.15, 0.2) is 16.5 Å². The third kappa shape index (κ3) is 2.20. The van der Waals surface area contributed by atoms with Crippen molar-refractivity contribution in [1.82, 2.24) is 9.38 Å². The van der Waals surface area contributed by atoms with E-state index in [1.54, 1.807) is 25.6 Å². The number of aryl methyl sites for hydroxylation is 1. The number of nitriles is 1. The van der Waals surface area contributed by atoms with E-state index in [1.807, 2.05) is 34.9 Å². The Hall–Kier alpha value is -2.52. The molecule has 0 bridgehead atoms. The summed E-state index contributed by atoms with van der Waals surface area (Å²) in [6.07, 6.45) is 0.308. The highest BCUT2D eigenvalue weighted by Gasteiger charge is 2.18. The standard InChI is InChI=1S/C16H15N3O2S/c1-10-9-22-16-18-15(12(6-7-17)19(10)16)11-4-5-13(20-2)14(8-11)21-3/h4-5,8-9H,6H2,1-3H3. The lowest BCUT2D eigenvalue weighted by Gasteiger charge is -2.09. The summed E-state index contributed by atoms with van der Waals surface area (Å²) in [5.41, 5.74) is 3.73. The lowest BCUT2D eigenvalue weighted by molar-refractivity contribution is 0.355. The van der Waals surface area contributed by atoms with Gasteiger partial charge in [0.05, 0.1) is 38.1 Å². The minimum Gasteiger partial charge on any atom is -0.493 e. The summed E-state index contributed by atoms with van der Waals surface area (Å²) >= 11 is 1.57. The molecule has 0 fully saturated rings. The van der Waals surface area contributed by atoms with Crippen molar-refractivity contribution in [3.8, 4) is 28.8 Å². The first-order valence-electron chi connectivity index (χ1n) is 6.74. The minimum atomic E-state index is 0.308. The molecule has 0 radical (unpaired) electrons. The summed E-state index contributed by atoms with van der Waals surface area (Å²) in [6.45, 7) is 2.02. The molecular formula is C16H15N3O2S. The molecule has 0 saturated heterocycles. The highest BCUT2D eigenvalue weighted by molar-refractivity contribution is 7.15. The minimum absolute atomic E-state index is 0.308. The Morgan fingerprint density at radius 3 is 2.73 bits per heavy atom. The molecule has 0 atom stereocenters. The van der Waals surface area contributed by atoms with Crippen molar-refractivity contribution in [2.75, 3.05) is 14.2 Å². The molecule has 3 aromatic rings. The maximum atomic E-state index is 9.15. The van der Waals surface area contributed by atoms with E-state index >= 15 is 0 Å². The van der Waals surface area contributed by atoms with Gasteiger partial charge < -0.3 is 9.47 Å². The maximum Gasteiger partial charge on any atom is 0.194 e. The zero-order valence-electron chi connectivity index (χ0n) is 12.6. The number of hydrogen-bond acceptors (Lipinski definition) is 5. The van der Waals surface area contributed by atoms with Crippen LogP contribution in [0.25, 0.3) is 16.2 Å². The molecule has 6 heteroatoms. The molecule has 2 aromatic heterocycles. The van der Waals surface area contributed by atoms with Crippen LogP contribution < -0.4 is 9.47 Å². The van der Waals surface area contributed by atoms with Gasteiger partial charge in [0, 0.05) is 16.6 Å².